The lowest BCUT2D eigenvalue weighted by Crippen LogP contribution is -2.48. The van der Waals surface area contributed by atoms with Gasteiger partial charge in [0, 0.05) is 18.1 Å². The highest BCUT2D eigenvalue weighted by atomic mass is 32.2. The number of aliphatic hydroxyl groups excluding tert-OH is 1. The third kappa shape index (κ3) is 3.08. The number of piperidine rings is 1. The smallest absolute Gasteiger partial charge is 0.244 e. The Hall–Kier alpha value is -1.57. The van der Waals surface area contributed by atoms with Gasteiger partial charge >= 0.3 is 0 Å². The van der Waals surface area contributed by atoms with Crippen LogP contribution in [0.2, 0.25) is 0 Å². The van der Waals surface area contributed by atoms with E-state index in [1.807, 2.05) is 0 Å². The van der Waals surface area contributed by atoms with Crippen LogP contribution in [0.5, 0.6) is 0 Å². The first kappa shape index (κ1) is 16.3. The highest BCUT2D eigenvalue weighted by molar-refractivity contribution is 7.89. The first-order chi connectivity index (χ1) is 10.9. The zero-order valence-electron chi connectivity index (χ0n) is 12.8. The molecular formula is C16H19FN2O3S. The van der Waals surface area contributed by atoms with Gasteiger partial charge in [0.25, 0.3) is 0 Å². The van der Waals surface area contributed by atoms with Crippen LogP contribution in [0.25, 0.3) is 10.9 Å². The van der Waals surface area contributed by atoms with E-state index in [1.165, 1.54) is 34.8 Å². The summed E-state index contributed by atoms with van der Waals surface area (Å²) < 4.78 is 40.5. The molecule has 1 aliphatic heterocycles. The van der Waals surface area contributed by atoms with Gasteiger partial charge < -0.3 is 5.11 Å². The molecule has 2 atom stereocenters. The van der Waals surface area contributed by atoms with E-state index < -0.39 is 28.0 Å². The number of rotatable bonds is 3. The number of halogens is 1. The molecule has 0 radical (unpaired) electrons. The maximum atomic E-state index is 13.4. The number of fused-ring (bicyclic) bond motifs is 1. The van der Waals surface area contributed by atoms with Crippen molar-refractivity contribution in [1.29, 1.82) is 0 Å². The fourth-order valence-corrected chi connectivity index (χ4v) is 4.81. The third-order valence-corrected chi connectivity index (χ3v) is 6.17. The lowest BCUT2D eigenvalue weighted by Gasteiger charge is -2.36. The molecule has 2 heterocycles. The van der Waals surface area contributed by atoms with Crippen LogP contribution < -0.4 is 0 Å². The quantitative estimate of drug-likeness (QED) is 0.932. The Morgan fingerprint density at radius 1 is 1.35 bits per heavy atom. The van der Waals surface area contributed by atoms with Crippen molar-refractivity contribution in [2.45, 2.75) is 43.2 Å². The Morgan fingerprint density at radius 3 is 2.87 bits per heavy atom. The topological polar surface area (TPSA) is 70.5 Å². The highest BCUT2D eigenvalue weighted by Crippen LogP contribution is 2.28. The fourth-order valence-electron chi connectivity index (χ4n) is 3.07. The van der Waals surface area contributed by atoms with Crippen molar-refractivity contribution in [3.8, 4) is 0 Å². The molecule has 124 valence electrons. The summed E-state index contributed by atoms with van der Waals surface area (Å²) in [4.78, 5) is 4.15. The van der Waals surface area contributed by atoms with Crippen molar-refractivity contribution < 1.29 is 17.9 Å². The number of aliphatic hydroxyl groups is 1. The number of benzene rings is 1. The van der Waals surface area contributed by atoms with E-state index in [0.29, 0.717) is 23.9 Å². The summed E-state index contributed by atoms with van der Waals surface area (Å²) in [5, 5.41) is 10.3. The normalized spacial score (nSPS) is 21.4. The summed E-state index contributed by atoms with van der Waals surface area (Å²) in [7, 11) is -3.77. The van der Waals surface area contributed by atoms with Gasteiger partial charge in [-0.05, 0) is 44.0 Å². The number of pyridine rings is 1. The van der Waals surface area contributed by atoms with E-state index >= 15 is 0 Å². The number of hydrogen-bond donors (Lipinski definition) is 1. The van der Waals surface area contributed by atoms with Crippen LogP contribution in [-0.2, 0) is 10.0 Å². The van der Waals surface area contributed by atoms with E-state index in [0.717, 1.165) is 12.8 Å². The highest BCUT2D eigenvalue weighted by Gasteiger charge is 2.36. The van der Waals surface area contributed by atoms with Gasteiger partial charge in [-0.3, -0.25) is 4.98 Å². The molecule has 0 aliphatic carbocycles. The van der Waals surface area contributed by atoms with Crippen molar-refractivity contribution in [3.05, 3.63) is 36.3 Å². The molecule has 0 saturated carbocycles. The molecule has 1 aromatic heterocycles. The number of hydrogen-bond acceptors (Lipinski definition) is 4. The van der Waals surface area contributed by atoms with E-state index in [1.54, 1.807) is 6.92 Å². The summed E-state index contributed by atoms with van der Waals surface area (Å²) in [5.74, 6) is -0.436. The molecule has 0 amide bonds. The largest absolute Gasteiger partial charge is 0.392 e. The van der Waals surface area contributed by atoms with Crippen LogP contribution in [0.3, 0.4) is 0 Å². The molecule has 2 aromatic rings. The molecule has 1 fully saturated rings. The Labute approximate surface area is 134 Å². The van der Waals surface area contributed by atoms with Crippen LogP contribution in [0.15, 0.2) is 35.4 Å². The van der Waals surface area contributed by atoms with E-state index in [2.05, 4.69) is 4.98 Å². The maximum absolute atomic E-state index is 13.4. The minimum atomic E-state index is -3.77. The lowest BCUT2D eigenvalue weighted by molar-refractivity contribution is 0.0831. The van der Waals surface area contributed by atoms with Gasteiger partial charge in [-0.15, -0.1) is 0 Å². The summed E-state index contributed by atoms with van der Waals surface area (Å²) >= 11 is 0. The van der Waals surface area contributed by atoms with Gasteiger partial charge in [-0.25, -0.2) is 12.8 Å². The second-order valence-corrected chi connectivity index (χ2v) is 7.82. The van der Waals surface area contributed by atoms with Crippen LogP contribution in [0.1, 0.15) is 26.2 Å². The molecule has 0 unspecified atom stereocenters. The number of sulfonamides is 1. The monoisotopic (exact) mass is 338 g/mol. The van der Waals surface area contributed by atoms with Gasteiger partial charge in [-0.1, -0.05) is 6.42 Å². The predicted molar refractivity (Wildman–Crippen MR) is 84.9 cm³/mol. The van der Waals surface area contributed by atoms with Crippen molar-refractivity contribution in [2.24, 2.45) is 0 Å². The average Bonchev–Trinajstić information content (AvgIpc) is 2.54. The molecular weight excluding hydrogens is 319 g/mol. The SMILES string of the molecule is C[C@@H](O)[C@@H]1CCCCN1S(=O)(=O)c1cnc2ccc(F)cc2c1. The third-order valence-electron chi connectivity index (χ3n) is 4.28. The molecule has 1 saturated heterocycles. The molecule has 1 N–H and O–H groups in total. The molecule has 7 heteroatoms. The Balaban J connectivity index is 2.04. The standard InChI is InChI=1S/C16H19FN2O3S/c1-11(20)16-4-2-3-7-19(16)23(21,22)14-9-12-8-13(17)5-6-15(12)18-10-14/h5-6,8-11,16,20H,2-4,7H2,1H3/t11-,16+/m1/s1. The van der Waals surface area contributed by atoms with Gasteiger partial charge in [0.15, 0.2) is 0 Å². The first-order valence-electron chi connectivity index (χ1n) is 7.65. The van der Waals surface area contributed by atoms with Crippen molar-refractivity contribution in [1.82, 2.24) is 9.29 Å². The van der Waals surface area contributed by atoms with Gasteiger partial charge in [0.2, 0.25) is 10.0 Å². The van der Waals surface area contributed by atoms with Crippen molar-refractivity contribution in [3.63, 3.8) is 0 Å². The molecule has 0 bridgehead atoms. The molecule has 1 aromatic carbocycles. The average molecular weight is 338 g/mol. The minimum Gasteiger partial charge on any atom is -0.392 e. The first-order valence-corrected chi connectivity index (χ1v) is 9.09. The molecule has 1 aliphatic rings. The molecule has 0 spiro atoms. The van der Waals surface area contributed by atoms with E-state index in [4.69, 9.17) is 0 Å². The predicted octanol–water partition coefficient (Wildman–Crippen LogP) is 2.30. The van der Waals surface area contributed by atoms with Crippen LogP contribution in [-0.4, -0.2) is 41.5 Å². The summed E-state index contributed by atoms with van der Waals surface area (Å²) in [5.41, 5.74) is 0.538. The second kappa shape index (κ2) is 6.14. The Bertz CT molecular complexity index is 823. The summed E-state index contributed by atoms with van der Waals surface area (Å²) in [6.07, 6.45) is 2.84. The van der Waals surface area contributed by atoms with E-state index in [9.17, 15) is 17.9 Å². The van der Waals surface area contributed by atoms with Crippen LogP contribution in [0.4, 0.5) is 4.39 Å². The Kier molecular flexibility index (Phi) is 4.35. The summed E-state index contributed by atoms with van der Waals surface area (Å²) in [6, 6.07) is 5.08. The summed E-state index contributed by atoms with van der Waals surface area (Å²) in [6.45, 7) is 1.98. The number of nitrogens with zero attached hydrogens (tertiary/aromatic N) is 2. The zero-order valence-corrected chi connectivity index (χ0v) is 13.6. The van der Waals surface area contributed by atoms with Gasteiger partial charge in [0.05, 0.1) is 17.7 Å². The van der Waals surface area contributed by atoms with E-state index in [-0.39, 0.29) is 4.90 Å². The van der Waals surface area contributed by atoms with Crippen molar-refractivity contribution >= 4 is 20.9 Å². The number of aromatic nitrogens is 1. The van der Waals surface area contributed by atoms with Crippen LogP contribution >= 0.6 is 0 Å². The fraction of sp³-hybridized carbons (Fsp3) is 0.438. The maximum Gasteiger partial charge on any atom is 0.244 e. The molecule has 3 rings (SSSR count). The molecule has 5 nitrogen and oxygen atoms in total. The van der Waals surface area contributed by atoms with Crippen molar-refractivity contribution in [2.75, 3.05) is 6.54 Å². The minimum absolute atomic E-state index is 0.0307. The second-order valence-electron chi connectivity index (χ2n) is 5.93. The van der Waals surface area contributed by atoms with Crippen LogP contribution in [0, 0.1) is 5.82 Å². The van der Waals surface area contributed by atoms with Gasteiger partial charge in [0.1, 0.15) is 10.7 Å². The zero-order chi connectivity index (χ0) is 16.6. The lowest BCUT2D eigenvalue weighted by atomic mass is 10.0. The molecule has 23 heavy (non-hydrogen) atoms. The van der Waals surface area contributed by atoms with Gasteiger partial charge in [-0.2, -0.15) is 4.31 Å². The Morgan fingerprint density at radius 2 is 2.13 bits per heavy atom.